The summed E-state index contributed by atoms with van der Waals surface area (Å²) in [7, 11) is 0. The average molecular weight is 298 g/mol. The lowest BCUT2D eigenvalue weighted by Crippen LogP contribution is -2.59. The monoisotopic (exact) mass is 298 g/mol. The highest BCUT2D eigenvalue weighted by Crippen LogP contribution is 2.20. The number of nitrogens with zero attached hydrogens (tertiary/aromatic N) is 1. The van der Waals surface area contributed by atoms with Crippen molar-refractivity contribution in [2.24, 2.45) is 0 Å². The molecule has 13 heavy (non-hydrogen) atoms. The minimum Gasteiger partial charge on any atom is -0.396 e. The maximum absolute atomic E-state index is 11.7. The van der Waals surface area contributed by atoms with Crippen LogP contribution in [0.15, 0.2) is 0 Å². The molecule has 1 atom stereocenters. The van der Waals surface area contributed by atoms with Gasteiger partial charge in [-0.2, -0.15) is 0 Å². The smallest absolute Gasteiger partial charge is 0.252 e. The van der Waals surface area contributed by atoms with Crippen molar-refractivity contribution in [3.8, 4) is 0 Å². The number of halogens is 1. The summed E-state index contributed by atoms with van der Waals surface area (Å²) >= 11 is 2.12. The van der Waals surface area contributed by atoms with Gasteiger partial charge in [0.1, 0.15) is 3.55 Å². The summed E-state index contributed by atoms with van der Waals surface area (Å²) < 4.78 is -0.467. The van der Waals surface area contributed by atoms with E-state index in [-0.39, 0.29) is 12.5 Å². The highest BCUT2D eigenvalue weighted by molar-refractivity contribution is 14.1. The first-order valence-electron chi connectivity index (χ1n) is 4.42. The van der Waals surface area contributed by atoms with Crippen molar-refractivity contribution in [3.05, 3.63) is 0 Å². The quantitative estimate of drug-likeness (QED) is 0.436. The number of hydrogen-bond acceptors (Lipinski definition) is 3. The second-order valence-electron chi connectivity index (χ2n) is 3.30. The van der Waals surface area contributed by atoms with E-state index in [1.165, 1.54) is 0 Å². The fraction of sp³-hybridized carbons (Fsp3) is 0.875. The molecule has 0 aromatic carbocycles. The predicted octanol–water partition coefficient (Wildman–Crippen LogP) is -0.0482. The summed E-state index contributed by atoms with van der Waals surface area (Å²) in [5, 5.41) is 11.8. The number of alkyl halides is 1. The van der Waals surface area contributed by atoms with Crippen LogP contribution in [0.3, 0.4) is 0 Å². The topological polar surface area (TPSA) is 52.6 Å². The molecule has 2 N–H and O–H groups in total. The molecule has 0 spiro atoms. The number of carbonyl (C=O) groups is 1. The van der Waals surface area contributed by atoms with Crippen molar-refractivity contribution in [2.75, 3.05) is 26.2 Å². The second-order valence-corrected chi connectivity index (χ2v) is 5.46. The van der Waals surface area contributed by atoms with Gasteiger partial charge in [-0.05, 0) is 13.3 Å². The van der Waals surface area contributed by atoms with E-state index in [1.807, 2.05) is 6.92 Å². The van der Waals surface area contributed by atoms with Crippen molar-refractivity contribution < 1.29 is 9.90 Å². The maximum atomic E-state index is 11.7. The number of aliphatic hydroxyl groups excluding tert-OH is 1. The van der Waals surface area contributed by atoms with Crippen LogP contribution < -0.4 is 5.32 Å². The van der Waals surface area contributed by atoms with E-state index < -0.39 is 3.55 Å². The SMILES string of the molecule is CC1(I)NCCN(CCCO)C1=O. The standard InChI is InChI=1S/C8H15IN2O2/c1-8(9)7(13)11(4-2-6-12)5-3-10-8/h10,12H,2-6H2,1H3. The van der Waals surface area contributed by atoms with Crippen LogP contribution in [0.4, 0.5) is 0 Å². The Bertz CT molecular complexity index is 197. The summed E-state index contributed by atoms with van der Waals surface area (Å²) in [6, 6.07) is 0. The minimum absolute atomic E-state index is 0.118. The Morgan fingerprint density at radius 1 is 1.77 bits per heavy atom. The Morgan fingerprint density at radius 2 is 2.46 bits per heavy atom. The van der Waals surface area contributed by atoms with Gasteiger partial charge in [0.15, 0.2) is 0 Å². The first-order valence-corrected chi connectivity index (χ1v) is 5.50. The number of amides is 1. The molecule has 1 fully saturated rings. The van der Waals surface area contributed by atoms with Crippen LogP contribution in [0.2, 0.25) is 0 Å². The highest BCUT2D eigenvalue weighted by atomic mass is 127. The Hall–Kier alpha value is 0.120. The van der Waals surface area contributed by atoms with Gasteiger partial charge in [0.05, 0.1) is 0 Å². The molecule has 0 aromatic rings. The van der Waals surface area contributed by atoms with Crippen molar-refractivity contribution in [1.82, 2.24) is 10.2 Å². The molecule has 1 unspecified atom stereocenters. The van der Waals surface area contributed by atoms with Crippen LogP contribution in [-0.4, -0.2) is 45.7 Å². The summed E-state index contributed by atoms with van der Waals surface area (Å²) in [5.74, 6) is 0.118. The third-order valence-electron chi connectivity index (χ3n) is 2.11. The van der Waals surface area contributed by atoms with E-state index >= 15 is 0 Å². The van der Waals surface area contributed by atoms with Crippen LogP contribution in [0.25, 0.3) is 0 Å². The molecule has 76 valence electrons. The molecule has 0 aromatic heterocycles. The van der Waals surface area contributed by atoms with E-state index in [1.54, 1.807) is 4.90 Å². The Morgan fingerprint density at radius 3 is 3.08 bits per heavy atom. The van der Waals surface area contributed by atoms with E-state index in [0.29, 0.717) is 13.0 Å². The van der Waals surface area contributed by atoms with Gasteiger partial charge in [0.25, 0.3) is 5.91 Å². The van der Waals surface area contributed by atoms with Gasteiger partial charge in [-0.15, -0.1) is 0 Å². The first kappa shape index (κ1) is 11.2. The summed E-state index contributed by atoms with van der Waals surface area (Å²) in [5.41, 5.74) is 0. The van der Waals surface area contributed by atoms with Crippen molar-refractivity contribution >= 4 is 28.5 Å². The third-order valence-corrected chi connectivity index (χ3v) is 2.96. The van der Waals surface area contributed by atoms with E-state index in [0.717, 1.165) is 13.1 Å². The molecule has 1 rings (SSSR count). The van der Waals surface area contributed by atoms with Crippen LogP contribution in [0.1, 0.15) is 13.3 Å². The number of aliphatic hydroxyl groups is 1. The lowest BCUT2D eigenvalue weighted by molar-refractivity contribution is -0.135. The number of rotatable bonds is 3. The predicted molar refractivity (Wildman–Crippen MR) is 58.7 cm³/mol. The summed E-state index contributed by atoms with van der Waals surface area (Å²) in [6.45, 7) is 4.26. The van der Waals surface area contributed by atoms with E-state index in [4.69, 9.17) is 5.11 Å². The summed E-state index contributed by atoms with van der Waals surface area (Å²) in [4.78, 5) is 13.5. The highest BCUT2D eigenvalue weighted by Gasteiger charge is 2.36. The van der Waals surface area contributed by atoms with Gasteiger partial charge in [0, 0.05) is 26.2 Å². The number of piperazine rings is 1. The Kier molecular flexibility index (Phi) is 3.93. The Balaban J connectivity index is 2.51. The Labute approximate surface area is 91.8 Å². The molecule has 0 saturated carbocycles. The van der Waals surface area contributed by atoms with Gasteiger partial charge in [-0.25, -0.2) is 0 Å². The van der Waals surface area contributed by atoms with E-state index in [2.05, 4.69) is 27.9 Å². The maximum Gasteiger partial charge on any atom is 0.252 e. The molecule has 0 aliphatic carbocycles. The molecule has 1 aliphatic rings. The zero-order chi connectivity index (χ0) is 9.90. The summed E-state index contributed by atoms with van der Waals surface area (Å²) in [6.07, 6.45) is 0.665. The van der Waals surface area contributed by atoms with Crippen molar-refractivity contribution in [1.29, 1.82) is 0 Å². The molecule has 1 saturated heterocycles. The van der Waals surface area contributed by atoms with Gasteiger partial charge in [-0.3, -0.25) is 10.1 Å². The fourth-order valence-electron chi connectivity index (χ4n) is 1.37. The molecule has 0 radical (unpaired) electrons. The molecule has 1 aliphatic heterocycles. The van der Waals surface area contributed by atoms with Crippen LogP contribution in [0.5, 0.6) is 0 Å². The van der Waals surface area contributed by atoms with Crippen LogP contribution >= 0.6 is 22.6 Å². The average Bonchev–Trinajstić information content (AvgIpc) is 2.08. The molecule has 5 heteroatoms. The lowest BCUT2D eigenvalue weighted by Gasteiger charge is -2.36. The molecule has 1 amide bonds. The third kappa shape index (κ3) is 2.78. The molecular formula is C8H15IN2O2. The zero-order valence-electron chi connectivity index (χ0n) is 7.72. The minimum atomic E-state index is -0.467. The molecular weight excluding hydrogens is 283 g/mol. The normalized spacial score (nSPS) is 29.5. The molecule has 1 heterocycles. The number of nitrogens with one attached hydrogen (secondary N) is 1. The van der Waals surface area contributed by atoms with Crippen molar-refractivity contribution in [3.63, 3.8) is 0 Å². The lowest BCUT2D eigenvalue weighted by atomic mass is 10.2. The van der Waals surface area contributed by atoms with Crippen LogP contribution in [-0.2, 0) is 4.79 Å². The van der Waals surface area contributed by atoms with Gasteiger partial charge in [0.2, 0.25) is 0 Å². The zero-order valence-corrected chi connectivity index (χ0v) is 9.87. The number of hydrogen-bond donors (Lipinski definition) is 2. The molecule has 4 nitrogen and oxygen atoms in total. The van der Waals surface area contributed by atoms with Gasteiger partial charge >= 0.3 is 0 Å². The number of carbonyl (C=O) groups excluding carboxylic acids is 1. The largest absolute Gasteiger partial charge is 0.396 e. The van der Waals surface area contributed by atoms with Crippen LogP contribution in [0, 0.1) is 0 Å². The van der Waals surface area contributed by atoms with Crippen molar-refractivity contribution in [2.45, 2.75) is 16.9 Å². The first-order chi connectivity index (χ1) is 6.08. The van der Waals surface area contributed by atoms with Gasteiger partial charge in [-0.1, -0.05) is 22.6 Å². The fourth-order valence-corrected chi connectivity index (χ4v) is 1.99. The van der Waals surface area contributed by atoms with Gasteiger partial charge < -0.3 is 10.0 Å². The molecule has 0 bridgehead atoms. The van der Waals surface area contributed by atoms with E-state index in [9.17, 15) is 4.79 Å². The second kappa shape index (κ2) is 4.56.